The van der Waals surface area contributed by atoms with E-state index in [4.69, 9.17) is 10.00 Å². The monoisotopic (exact) mass is 331 g/mol. The van der Waals surface area contributed by atoms with Crippen molar-refractivity contribution in [1.82, 2.24) is 0 Å². The van der Waals surface area contributed by atoms with E-state index in [1.807, 2.05) is 6.07 Å². The third-order valence-electron chi connectivity index (χ3n) is 5.23. The maximum atomic E-state index is 13.6. The molecule has 0 heterocycles. The molecule has 1 aromatic rings. The molecule has 3 heteroatoms. The quantitative estimate of drug-likeness (QED) is 0.501. The van der Waals surface area contributed by atoms with Crippen LogP contribution < -0.4 is 4.74 Å². The third-order valence-corrected chi connectivity index (χ3v) is 5.23. The first-order valence-corrected chi connectivity index (χ1v) is 9.55. The predicted molar refractivity (Wildman–Crippen MR) is 95.4 cm³/mol. The second-order valence-corrected chi connectivity index (χ2v) is 7.15. The molecule has 0 atom stereocenters. The van der Waals surface area contributed by atoms with Crippen LogP contribution >= 0.6 is 0 Å². The maximum Gasteiger partial charge on any atom is 0.144 e. The first-order chi connectivity index (χ1) is 11.7. The first-order valence-electron chi connectivity index (χ1n) is 9.55. The molecule has 132 valence electrons. The summed E-state index contributed by atoms with van der Waals surface area (Å²) >= 11 is 0. The van der Waals surface area contributed by atoms with Gasteiger partial charge in [-0.05, 0) is 36.8 Å². The Bertz CT molecular complexity index is 529. The summed E-state index contributed by atoms with van der Waals surface area (Å²) in [5.41, 5.74) is 0.0711. The highest BCUT2D eigenvalue weighted by Gasteiger charge is 2.21. The number of ether oxygens (including phenoxy) is 1. The largest absolute Gasteiger partial charge is 0.493 e. The van der Waals surface area contributed by atoms with Crippen molar-refractivity contribution < 1.29 is 9.13 Å². The molecule has 0 bridgehead atoms. The molecule has 0 spiro atoms. The molecule has 1 aliphatic carbocycles. The molecule has 0 aromatic heterocycles. The Morgan fingerprint density at radius 1 is 1.08 bits per heavy atom. The van der Waals surface area contributed by atoms with Gasteiger partial charge in [-0.1, -0.05) is 58.3 Å². The van der Waals surface area contributed by atoms with Gasteiger partial charge in [-0.2, -0.15) is 5.26 Å². The molecule has 0 N–H and O–H groups in total. The van der Waals surface area contributed by atoms with Crippen molar-refractivity contribution >= 4 is 0 Å². The Hall–Kier alpha value is -1.56. The van der Waals surface area contributed by atoms with Gasteiger partial charge in [-0.15, -0.1) is 0 Å². The number of rotatable bonds is 9. The molecule has 0 radical (unpaired) electrons. The minimum absolute atomic E-state index is 0.0711. The summed E-state index contributed by atoms with van der Waals surface area (Å²) in [4.78, 5) is 0. The van der Waals surface area contributed by atoms with Crippen LogP contribution in [0.2, 0.25) is 0 Å². The van der Waals surface area contributed by atoms with Gasteiger partial charge < -0.3 is 4.74 Å². The zero-order valence-corrected chi connectivity index (χ0v) is 14.9. The molecule has 0 amide bonds. The Balaban J connectivity index is 1.63. The zero-order valence-electron chi connectivity index (χ0n) is 14.9. The molecule has 0 aliphatic heterocycles. The van der Waals surface area contributed by atoms with Crippen molar-refractivity contribution in [1.29, 1.82) is 5.26 Å². The van der Waals surface area contributed by atoms with Crippen LogP contribution in [0.1, 0.15) is 76.7 Å². The second kappa shape index (κ2) is 10.3. The summed E-state index contributed by atoms with van der Waals surface area (Å²) in [7, 11) is 0. The highest BCUT2D eigenvalue weighted by atomic mass is 19.1. The molecule has 1 fully saturated rings. The fourth-order valence-electron chi connectivity index (χ4n) is 3.61. The van der Waals surface area contributed by atoms with Crippen LogP contribution in [0.15, 0.2) is 18.2 Å². The lowest BCUT2D eigenvalue weighted by Crippen LogP contribution is -2.20. The number of hydrogen-bond acceptors (Lipinski definition) is 2. The van der Waals surface area contributed by atoms with Crippen molar-refractivity contribution in [2.45, 2.75) is 71.1 Å². The lowest BCUT2D eigenvalue weighted by Gasteiger charge is -2.28. The van der Waals surface area contributed by atoms with Crippen molar-refractivity contribution in [2.75, 3.05) is 6.61 Å². The SMILES string of the molecule is CCCCCCCC1CCC(COc2ccc(C#N)c(F)c2)CC1. The molecule has 2 nitrogen and oxygen atoms in total. The molecule has 1 aliphatic rings. The van der Waals surface area contributed by atoms with Crippen LogP contribution in [0.4, 0.5) is 4.39 Å². The van der Waals surface area contributed by atoms with E-state index < -0.39 is 5.82 Å². The van der Waals surface area contributed by atoms with Gasteiger partial charge in [-0.25, -0.2) is 4.39 Å². The molecular formula is C21H30FNO. The van der Waals surface area contributed by atoms with Gasteiger partial charge in [0.2, 0.25) is 0 Å². The molecular weight excluding hydrogens is 301 g/mol. The summed E-state index contributed by atoms with van der Waals surface area (Å²) in [6.07, 6.45) is 13.3. The number of nitriles is 1. The first kappa shape index (κ1) is 18.8. The summed E-state index contributed by atoms with van der Waals surface area (Å²) < 4.78 is 19.3. The number of nitrogens with zero attached hydrogens (tertiary/aromatic N) is 1. The Kier molecular flexibility index (Phi) is 8.08. The molecule has 24 heavy (non-hydrogen) atoms. The van der Waals surface area contributed by atoms with E-state index in [0.717, 1.165) is 5.92 Å². The topological polar surface area (TPSA) is 33.0 Å². The fourth-order valence-corrected chi connectivity index (χ4v) is 3.61. The van der Waals surface area contributed by atoms with Crippen LogP contribution in [-0.4, -0.2) is 6.61 Å². The van der Waals surface area contributed by atoms with E-state index >= 15 is 0 Å². The van der Waals surface area contributed by atoms with Gasteiger partial charge in [0.1, 0.15) is 17.6 Å². The highest BCUT2D eigenvalue weighted by Crippen LogP contribution is 2.32. The average Bonchev–Trinajstić information content (AvgIpc) is 2.61. The summed E-state index contributed by atoms with van der Waals surface area (Å²) in [5.74, 6) is 1.52. The molecule has 0 unspecified atom stereocenters. The number of benzene rings is 1. The van der Waals surface area contributed by atoms with Gasteiger partial charge in [0.05, 0.1) is 12.2 Å². The van der Waals surface area contributed by atoms with Crippen LogP contribution in [0.3, 0.4) is 0 Å². The van der Waals surface area contributed by atoms with Gasteiger partial charge in [0.25, 0.3) is 0 Å². The van der Waals surface area contributed by atoms with E-state index in [9.17, 15) is 4.39 Å². The van der Waals surface area contributed by atoms with Crippen LogP contribution in [-0.2, 0) is 0 Å². The number of halogens is 1. The number of hydrogen-bond donors (Lipinski definition) is 0. The van der Waals surface area contributed by atoms with E-state index in [2.05, 4.69) is 6.92 Å². The minimum Gasteiger partial charge on any atom is -0.493 e. The van der Waals surface area contributed by atoms with Gasteiger partial charge in [0.15, 0.2) is 0 Å². The van der Waals surface area contributed by atoms with Crippen LogP contribution in [0.25, 0.3) is 0 Å². The standard InChI is InChI=1S/C21H30FNO/c1-2-3-4-5-6-7-17-8-10-18(11-9-17)16-24-20-13-12-19(15-23)21(22)14-20/h12-14,17-18H,2-11,16H2,1H3. The normalized spacial score (nSPS) is 20.5. The fraction of sp³-hybridized carbons (Fsp3) is 0.667. The van der Waals surface area contributed by atoms with E-state index in [-0.39, 0.29) is 5.56 Å². The van der Waals surface area contributed by atoms with Gasteiger partial charge >= 0.3 is 0 Å². The summed E-state index contributed by atoms with van der Waals surface area (Å²) in [6.45, 7) is 2.92. The van der Waals surface area contributed by atoms with Crippen LogP contribution in [0, 0.1) is 29.0 Å². The van der Waals surface area contributed by atoms with Crippen molar-refractivity contribution in [3.63, 3.8) is 0 Å². The van der Waals surface area contributed by atoms with E-state index in [1.165, 1.54) is 76.3 Å². The maximum absolute atomic E-state index is 13.6. The smallest absolute Gasteiger partial charge is 0.144 e. The predicted octanol–water partition coefficient (Wildman–Crippen LogP) is 6.24. The lowest BCUT2D eigenvalue weighted by molar-refractivity contribution is 0.177. The minimum atomic E-state index is -0.498. The highest BCUT2D eigenvalue weighted by molar-refractivity contribution is 5.36. The molecule has 2 rings (SSSR count). The summed E-state index contributed by atoms with van der Waals surface area (Å²) in [6, 6.07) is 6.32. The van der Waals surface area contributed by atoms with Crippen molar-refractivity contribution in [3.8, 4) is 11.8 Å². The lowest BCUT2D eigenvalue weighted by atomic mass is 9.80. The summed E-state index contributed by atoms with van der Waals surface area (Å²) in [5, 5.41) is 8.74. The van der Waals surface area contributed by atoms with Crippen molar-refractivity contribution in [3.05, 3.63) is 29.6 Å². The zero-order chi connectivity index (χ0) is 17.2. The van der Waals surface area contributed by atoms with Gasteiger partial charge in [0, 0.05) is 6.07 Å². The molecule has 0 saturated heterocycles. The molecule has 1 aromatic carbocycles. The van der Waals surface area contributed by atoms with Crippen molar-refractivity contribution in [2.24, 2.45) is 11.8 Å². The van der Waals surface area contributed by atoms with Gasteiger partial charge in [-0.3, -0.25) is 0 Å². The third kappa shape index (κ3) is 6.15. The van der Waals surface area contributed by atoms with E-state index in [0.29, 0.717) is 18.3 Å². The Labute approximate surface area is 146 Å². The van der Waals surface area contributed by atoms with Crippen LogP contribution in [0.5, 0.6) is 5.75 Å². The second-order valence-electron chi connectivity index (χ2n) is 7.15. The Morgan fingerprint density at radius 2 is 1.79 bits per heavy atom. The van der Waals surface area contributed by atoms with E-state index in [1.54, 1.807) is 6.07 Å². The molecule has 1 saturated carbocycles. The average molecular weight is 331 g/mol. The number of unbranched alkanes of at least 4 members (excludes halogenated alkanes) is 4. The Morgan fingerprint density at radius 3 is 2.46 bits per heavy atom.